The Morgan fingerprint density at radius 1 is 1.45 bits per heavy atom. The Morgan fingerprint density at radius 2 is 2.36 bits per heavy atom. The summed E-state index contributed by atoms with van der Waals surface area (Å²) in [5.74, 6) is 1.58. The van der Waals surface area contributed by atoms with Crippen molar-refractivity contribution < 1.29 is 4.79 Å². The van der Waals surface area contributed by atoms with Crippen molar-refractivity contribution in [3.05, 3.63) is 29.6 Å². The van der Waals surface area contributed by atoms with Crippen LogP contribution in [0.25, 0.3) is 11.0 Å². The van der Waals surface area contributed by atoms with Gasteiger partial charge < -0.3 is 15.6 Å². The third-order valence-electron chi connectivity index (χ3n) is 4.34. The van der Waals surface area contributed by atoms with E-state index in [0.717, 1.165) is 42.1 Å². The van der Waals surface area contributed by atoms with Crippen molar-refractivity contribution in [2.24, 2.45) is 5.92 Å². The summed E-state index contributed by atoms with van der Waals surface area (Å²) in [6, 6.07) is 6.09. The van der Waals surface area contributed by atoms with Crippen molar-refractivity contribution in [3.63, 3.8) is 0 Å². The lowest BCUT2D eigenvalue weighted by molar-refractivity contribution is -0.121. The largest absolute Gasteiger partial charge is 0.356 e. The number of para-hydroxylation sites is 1. The van der Waals surface area contributed by atoms with E-state index in [-0.39, 0.29) is 5.91 Å². The molecule has 1 aliphatic heterocycles. The zero-order chi connectivity index (χ0) is 15.4. The van der Waals surface area contributed by atoms with Crippen molar-refractivity contribution in [1.82, 2.24) is 20.6 Å². The summed E-state index contributed by atoms with van der Waals surface area (Å²) in [6.07, 6.45) is 3.55. The zero-order valence-electron chi connectivity index (χ0n) is 13.1. The van der Waals surface area contributed by atoms with Gasteiger partial charge in [0.15, 0.2) is 0 Å². The molecule has 2 aromatic rings. The minimum atomic E-state index is 0.114. The third kappa shape index (κ3) is 3.65. The lowest BCUT2D eigenvalue weighted by Crippen LogP contribution is -2.38. The van der Waals surface area contributed by atoms with E-state index in [1.165, 1.54) is 12.8 Å². The predicted molar refractivity (Wildman–Crippen MR) is 87.8 cm³/mol. The number of rotatable bonds is 5. The van der Waals surface area contributed by atoms with Gasteiger partial charge in [0.05, 0.1) is 11.0 Å². The molecule has 1 aromatic carbocycles. The first-order valence-corrected chi connectivity index (χ1v) is 8.14. The second-order valence-electron chi connectivity index (χ2n) is 6.17. The van der Waals surface area contributed by atoms with Crippen LogP contribution in [-0.4, -0.2) is 35.5 Å². The highest BCUT2D eigenvalue weighted by molar-refractivity contribution is 5.79. The number of benzene rings is 1. The minimum Gasteiger partial charge on any atom is -0.356 e. The molecule has 0 spiro atoms. The Morgan fingerprint density at radius 3 is 3.14 bits per heavy atom. The maximum atomic E-state index is 12.0. The molecule has 1 fully saturated rings. The Bertz CT molecular complexity index is 643. The normalized spacial score (nSPS) is 18.5. The van der Waals surface area contributed by atoms with Gasteiger partial charge in [-0.3, -0.25) is 4.79 Å². The topological polar surface area (TPSA) is 69.8 Å². The number of H-pyrrole nitrogens is 1. The van der Waals surface area contributed by atoms with Gasteiger partial charge in [-0.1, -0.05) is 12.1 Å². The van der Waals surface area contributed by atoms with E-state index in [0.29, 0.717) is 18.8 Å². The molecule has 3 rings (SSSR count). The van der Waals surface area contributed by atoms with Crippen molar-refractivity contribution in [2.75, 3.05) is 19.6 Å². The average molecular weight is 300 g/mol. The molecule has 1 unspecified atom stereocenters. The molecule has 5 nitrogen and oxygen atoms in total. The van der Waals surface area contributed by atoms with Crippen LogP contribution in [0.3, 0.4) is 0 Å². The van der Waals surface area contributed by atoms with E-state index in [9.17, 15) is 4.79 Å². The molecule has 5 heteroatoms. The number of nitrogens with one attached hydrogen (secondary N) is 3. The molecular weight excluding hydrogens is 276 g/mol. The highest BCUT2D eigenvalue weighted by Gasteiger charge is 2.14. The molecule has 22 heavy (non-hydrogen) atoms. The predicted octanol–water partition coefficient (Wildman–Crippen LogP) is 1.92. The van der Waals surface area contributed by atoms with Crippen LogP contribution < -0.4 is 10.6 Å². The molecular formula is C17H24N4O. The zero-order valence-corrected chi connectivity index (χ0v) is 13.1. The number of aryl methyl sites for hydroxylation is 2. The number of aromatic nitrogens is 2. The second-order valence-corrected chi connectivity index (χ2v) is 6.17. The van der Waals surface area contributed by atoms with Crippen LogP contribution in [0.4, 0.5) is 0 Å². The summed E-state index contributed by atoms with van der Waals surface area (Å²) in [5, 5.41) is 6.42. The van der Waals surface area contributed by atoms with E-state index in [4.69, 9.17) is 0 Å². The van der Waals surface area contributed by atoms with E-state index in [2.05, 4.69) is 33.6 Å². The maximum Gasteiger partial charge on any atom is 0.220 e. The third-order valence-corrected chi connectivity index (χ3v) is 4.34. The van der Waals surface area contributed by atoms with Crippen molar-refractivity contribution in [3.8, 4) is 0 Å². The minimum absolute atomic E-state index is 0.114. The first-order chi connectivity index (χ1) is 10.7. The molecule has 1 atom stereocenters. The van der Waals surface area contributed by atoms with Crippen LogP contribution in [0.5, 0.6) is 0 Å². The van der Waals surface area contributed by atoms with Crippen LogP contribution in [-0.2, 0) is 11.2 Å². The van der Waals surface area contributed by atoms with Gasteiger partial charge in [0, 0.05) is 19.4 Å². The number of hydrogen-bond donors (Lipinski definition) is 3. The van der Waals surface area contributed by atoms with Crippen molar-refractivity contribution >= 4 is 16.9 Å². The average Bonchev–Trinajstić information content (AvgIpc) is 2.96. The van der Waals surface area contributed by atoms with Crippen LogP contribution >= 0.6 is 0 Å². The summed E-state index contributed by atoms with van der Waals surface area (Å²) in [6.45, 7) is 4.96. The van der Waals surface area contributed by atoms with E-state index < -0.39 is 0 Å². The molecule has 3 N–H and O–H groups in total. The number of carbonyl (C=O) groups excluding carboxylic acids is 1. The van der Waals surface area contributed by atoms with Gasteiger partial charge in [0.25, 0.3) is 0 Å². The van der Waals surface area contributed by atoms with Gasteiger partial charge in [-0.05, 0) is 50.4 Å². The number of hydrogen-bond acceptors (Lipinski definition) is 3. The Hall–Kier alpha value is -1.88. The fourth-order valence-corrected chi connectivity index (χ4v) is 3.02. The van der Waals surface area contributed by atoms with Crippen molar-refractivity contribution in [1.29, 1.82) is 0 Å². The van der Waals surface area contributed by atoms with Crippen LogP contribution in [0.2, 0.25) is 0 Å². The molecule has 118 valence electrons. The first kappa shape index (κ1) is 15.0. The number of piperidine rings is 1. The van der Waals surface area contributed by atoms with Gasteiger partial charge >= 0.3 is 0 Å². The molecule has 0 radical (unpaired) electrons. The lowest BCUT2D eigenvalue weighted by atomic mass is 10.00. The van der Waals surface area contributed by atoms with E-state index >= 15 is 0 Å². The number of aromatic amines is 1. The molecule has 0 saturated carbocycles. The van der Waals surface area contributed by atoms with Gasteiger partial charge in [0.1, 0.15) is 5.82 Å². The monoisotopic (exact) mass is 300 g/mol. The number of nitrogens with zero attached hydrogens (tertiary/aromatic N) is 1. The maximum absolute atomic E-state index is 12.0. The quantitative estimate of drug-likeness (QED) is 0.790. The summed E-state index contributed by atoms with van der Waals surface area (Å²) < 4.78 is 0. The fourth-order valence-electron chi connectivity index (χ4n) is 3.02. The number of amides is 1. The fraction of sp³-hybridized carbons (Fsp3) is 0.529. The Balaban J connectivity index is 1.48. The van der Waals surface area contributed by atoms with Gasteiger partial charge in [-0.25, -0.2) is 4.98 Å². The van der Waals surface area contributed by atoms with Crippen molar-refractivity contribution in [2.45, 2.75) is 32.6 Å². The first-order valence-electron chi connectivity index (χ1n) is 8.14. The van der Waals surface area contributed by atoms with Gasteiger partial charge in [0.2, 0.25) is 5.91 Å². The smallest absolute Gasteiger partial charge is 0.220 e. The van der Waals surface area contributed by atoms with Gasteiger partial charge in [-0.2, -0.15) is 0 Å². The number of fused-ring (bicyclic) bond motifs is 1. The highest BCUT2D eigenvalue weighted by atomic mass is 16.1. The molecule has 0 bridgehead atoms. The van der Waals surface area contributed by atoms with E-state index in [1.54, 1.807) is 0 Å². The van der Waals surface area contributed by atoms with Crippen LogP contribution in [0.15, 0.2) is 18.2 Å². The summed E-state index contributed by atoms with van der Waals surface area (Å²) in [5.41, 5.74) is 3.21. The summed E-state index contributed by atoms with van der Waals surface area (Å²) >= 11 is 0. The Kier molecular flexibility index (Phi) is 4.73. The lowest BCUT2D eigenvalue weighted by Gasteiger charge is -2.22. The molecule has 1 amide bonds. The standard InChI is InChI=1S/C17H24N4O/c1-12-4-2-6-14-17(12)21-15(20-14)7-8-16(22)19-11-13-5-3-9-18-10-13/h2,4,6,13,18H,3,5,7-11H2,1H3,(H,19,22)(H,20,21). The molecule has 1 aromatic heterocycles. The highest BCUT2D eigenvalue weighted by Crippen LogP contribution is 2.16. The SMILES string of the molecule is Cc1cccc2[nH]c(CCC(=O)NCC3CCCNC3)nc12. The molecule has 0 aliphatic carbocycles. The van der Waals surface area contributed by atoms with Crippen LogP contribution in [0.1, 0.15) is 30.7 Å². The molecule has 2 heterocycles. The number of carbonyl (C=O) groups is 1. The second kappa shape index (κ2) is 6.92. The number of imidazole rings is 1. The Labute approximate surface area is 130 Å². The summed E-state index contributed by atoms with van der Waals surface area (Å²) in [7, 11) is 0. The van der Waals surface area contributed by atoms with Crippen LogP contribution in [0, 0.1) is 12.8 Å². The summed E-state index contributed by atoms with van der Waals surface area (Å²) in [4.78, 5) is 19.9. The molecule has 1 saturated heterocycles. The van der Waals surface area contributed by atoms with Gasteiger partial charge in [-0.15, -0.1) is 0 Å². The molecule has 1 aliphatic rings. The van der Waals surface area contributed by atoms with E-state index in [1.807, 2.05) is 12.1 Å².